The third kappa shape index (κ3) is 5.43. The van der Waals surface area contributed by atoms with Crippen molar-refractivity contribution in [2.75, 3.05) is 32.8 Å². The van der Waals surface area contributed by atoms with Crippen LogP contribution in [0.5, 0.6) is 11.5 Å². The van der Waals surface area contributed by atoms with Crippen LogP contribution in [0.2, 0.25) is 0 Å². The lowest BCUT2D eigenvalue weighted by Gasteiger charge is -2.29. The van der Waals surface area contributed by atoms with E-state index in [-0.39, 0.29) is 0 Å². The summed E-state index contributed by atoms with van der Waals surface area (Å²) in [7, 11) is 0. The van der Waals surface area contributed by atoms with E-state index in [2.05, 4.69) is 24.0 Å². The molecule has 1 atom stereocenters. The predicted octanol–water partition coefficient (Wildman–Crippen LogP) is 3.75. The molecule has 0 N–H and O–H groups in total. The maximum atomic E-state index is 5.77. The number of para-hydroxylation sites is 2. The zero-order valence-electron chi connectivity index (χ0n) is 13.3. The molecule has 0 spiro atoms. The molecule has 1 fully saturated rings. The summed E-state index contributed by atoms with van der Waals surface area (Å²) in [6.45, 7) is 9.04. The van der Waals surface area contributed by atoms with Gasteiger partial charge in [0.05, 0.1) is 6.61 Å². The second-order valence-electron chi connectivity index (χ2n) is 5.67. The van der Waals surface area contributed by atoms with E-state index < -0.39 is 0 Å². The van der Waals surface area contributed by atoms with Gasteiger partial charge in [-0.2, -0.15) is 0 Å². The fraction of sp³-hybridized carbons (Fsp3) is 0.556. The van der Waals surface area contributed by atoms with Crippen LogP contribution in [0.25, 0.3) is 0 Å². The number of likely N-dealkylation sites (tertiary alicyclic amines) is 1. The molecule has 0 radical (unpaired) electrons. The molecule has 0 aromatic heterocycles. The Morgan fingerprint density at radius 2 is 1.95 bits per heavy atom. The quantitative estimate of drug-likeness (QED) is 0.714. The highest BCUT2D eigenvalue weighted by Crippen LogP contribution is 2.26. The summed E-state index contributed by atoms with van der Waals surface area (Å²) in [6, 6.07) is 7.82. The summed E-state index contributed by atoms with van der Waals surface area (Å²) in [5, 5.41) is 0. The standard InChI is InChI=1S/C18H27NO2/c1-3-20-17-10-4-5-11-18(17)21-14-7-6-12-19-13-8-9-16(2)15-19/h4-7,10-11,16H,3,8-9,12-15H2,1-2H3/b7-6+. The molecule has 1 saturated heterocycles. The normalized spacial score (nSPS) is 19.8. The van der Waals surface area contributed by atoms with Crippen molar-refractivity contribution in [1.82, 2.24) is 4.90 Å². The van der Waals surface area contributed by atoms with E-state index in [1.54, 1.807) is 0 Å². The van der Waals surface area contributed by atoms with Gasteiger partial charge in [-0.25, -0.2) is 0 Å². The maximum Gasteiger partial charge on any atom is 0.161 e. The van der Waals surface area contributed by atoms with E-state index in [1.165, 1.54) is 25.9 Å². The van der Waals surface area contributed by atoms with E-state index >= 15 is 0 Å². The van der Waals surface area contributed by atoms with Gasteiger partial charge in [-0.05, 0) is 44.4 Å². The van der Waals surface area contributed by atoms with Gasteiger partial charge in [0, 0.05) is 13.1 Å². The molecular formula is C18H27NO2. The fourth-order valence-corrected chi connectivity index (χ4v) is 2.73. The Bertz CT molecular complexity index is 445. The van der Waals surface area contributed by atoms with Crippen LogP contribution in [0, 0.1) is 5.92 Å². The lowest BCUT2D eigenvalue weighted by molar-refractivity contribution is 0.201. The summed E-state index contributed by atoms with van der Waals surface area (Å²) >= 11 is 0. The van der Waals surface area contributed by atoms with Crippen molar-refractivity contribution in [3.8, 4) is 11.5 Å². The topological polar surface area (TPSA) is 21.7 Å². The third-order valence-corrected chi connectivity index (χ3v) is 3.76. The van der Waals surface area contributed by atoms with Crippen molar-refractivity contribution in [3.05, 3.63) is 36.4 Å². The zero-order chi connectivity index (χ0) is 14.9. The first-order chi connectivity index (χ1) is 10.3. The lowest BCUT2D eigenvalue weighted by atomic mass is 10.0. The Morgan fingerprint density at radius 3 is 2.67 bits per heavy atom. The number of hydrogen-bond donors (Lipinski definition) is 0. The van der Waals surface area contributed by atoms with Crippen LogP contribution in [0.1, 0.15) is 26.7 Å². The molecule has 3 heteroatoms. The highest BCUT2D eigenvalue weighted by Gasteiger charge is 2.14. The summed E-state index contributed by atoms with van der Waals surface area (Å²) in [4.78, 5) is 2.51. The number of nitrogens with zero attached hydrogens (tertiary/aromatic N) is 1. The molecular weight excluding hydrogens is 262 g/mol. The highest BCUT2D eigenvalue weighted by atomic mass is 16.5. The van der Waals surface area contributed by atoms with Gasteiger partial charge in [-0.3, -0.25) is 4.90 Å². The largest absolute Gasteiger partial charge is 0.490 e. The molecule has 0 aliphatic carbocycles. The molecule has 116 valence electrons. The van der Waals surface area contributed by atoms with E-state index in [4.69, 9.17) is 9.47 Å². The Labute approximate surface area is 128 Å². The Kier molecular flexibility index (Phi) is 6.61. The summed E-state index contributed by atoms with van der Waals surface area (Å²) in [6.07, 6.45) is 7.01. The van der Waals surface area contributed by atoms with Crippen LogP contribution in [-0.4, -0.2) is 37.7 Å². The first kappa shape index (κ1) is 15.9. The second kappa shape index (κ2) is 8.73. The molecule has 1 aromatic carbocycles. The van der Waals surface area contributed by atoms with Crippen molar-refractivity contribution in [2.24, 2.45) is 5.92 Å². The number of rotatable bonds is 7. The first-order valence-corrected chi connectivity index (χ1v) is 8.01. The van der Waals surface area contributed by atoms with E-state index in [0.717, 1.165) is 24.0 Å². The molecule has 2 rings (SSSR count). The van der Waals surface area contributed by atoms with Gasteiger partial charge in [0.1, 0.15) is 6.61 Å². The van der Waals surface area contributed by atoms with Crippen molar-refractivity contribution in [2.45, 2.75) is 26.7 Å². The molecule has 1 aliphatic rings. The van der Waals surface area contributed by atoms with Gasteiger partial charge in [0.15, 0.2) is 11.5 Å². The minimum atomic E-state index is 0.591. The van der Waals surface area contributed by atoms with Gasteiger partial charge in [-0.15, -0.1) is 0 Å². The molecule has 1 unspecified atom stereocenters. The van der Waals surface area contributed by atoms with Crippen molar-refractivity contribution >= 4 is 0 Å². The first-order valence-electron chi connectivity index (χ1n) is 8.01. The maximum absolute atomic E-state index is 5.77. The van der Waals surface area contributed by atoms with Crippen molar-refractivity contribution < 1.29 is 9.47 Å². The minimum Gasteiger partial charge on any atom is -0.490 e. The van der Waals surface area contributed by atoms with Gasteiger partial charge in [-0.1, -0.05) is 31.2 Å². The number of piperidine rings is 1. The van der Waals surface area contributed by atoms with E-state index in [1.807, 2.05) is 31.2 Å². The van der Waals surface area contributed by atoms with Crippen LogP contribution in [0.4, 0.5) is 0 Å². The Morgan fingerprint density at radius 1 is 1.19 bits per heavy atom. The molecule has 1 aromatic rings. The molecule has 3 nitrogen and oxygen atoms in total. The van der Waals surface area contributed by atoms with Crippen LogP contribution in [0.3, 0.4) is 0 Å². The van der Waals surface area contributed by atoms with E-state index in [0.29, 0.717) is 13.2 Å². The van der Waals surface area contributed by atoms with Gasteiger partial charge < -0.3 is 9.47 Å². The summed E-state index contributed by atoms with van der Waals surface area (Å²) in [5.41, 5.74) is 0. The SMILES string of the molecule is CCOc1ccccc1OC/C=C/CN1CCCC(C)C1. The highest BCUT2D eigenvalue weighted by molar-refractivity contribution is 5.39. The van der Waals surface area contributed by atoms with Gasteiger partial charge in [0.25, 0.3) is 0 Å². The monoisotopic (exact) mass is 289 g/mol. The number of benzene rings is 1. The second-order valence-corrected chi connectivity index (χ2v) is 5.67. The van der Waals surface area contributed by atoms with Crippen LogP contribution < -0.4 is 9.47 Å². The predicted molar refractivity (Wildman–Crippen MR) is 87.1 cm³/mol. The molecule has 0 bridgehead atoms. The average molecular weight is 289 g/mol. The van der Waals surface area contributed by atoms with E-state index in [9.17, 15) is 0 Å². The summed E-state index contributed by atoms with van der Waals surface area (Å²) in [5.74, 6) is 2.47. The fourth-order valence-electron chi connectivity index (χ4n) is 2.73. The van der Waals surface area contributed by atoms with Crippen molar-refractivity contribution in [1.29, 1.82) is 0 Å². The third-order valence-electron chi connectivity index (χ3n) is 3.76. The number of hydrogen-bond acceptors (Lipinski definition) is 3. The smallest absolute Gasteiger partial charge is 0.161 e. The molecule has 0 saturated carbocycles. The van der Waals surface area contributed by atoms with Gasteiger partial charge in [0.2, 0.25) is 0 Å². The summed E-state index contributed by atoms with van der Waals surface area (Å²) < 4.78 is 11.3. The molecule has 21 heavy (non-hydrogen) atoms. The Hall–Kier alpha value is -1.48. The molecule has 0 amide bonds. The Balaban J connectivity index is 1.72. The minimum absolute atomic E-state index is 0.591. The van der Waals surface area contributed by atoms with Crippen LogP contribution >= 0.6 is 0 Å². The van der Waals surface area contributed by atoms with Crippen molar-refractivity contribution in [3.63, 3.8) is 0 Å². The molecule has 1 heterocycles. The number of ether oxygens (including phenoxy) is 2. The zero-order valence-corrected chi connectivity index (χ0v) is 13.3. The molecule has 1 aliphatic heterocycles. The van der Waals surface area contributed by atoms with Crippen LogP contribution in [0.15, 0.2) is 36.4 Å². The lowest BCUT2D eigenvalue weighted by Crippen LogP contribution is -2.34. The average Bonchev–Trinajstić information content (AvgIpc) is 2.49. The van der Waals surface area contributed by atoms with Crippen LogP contribution in [-0.2, 0) is 0 Å². The van der Waals surface area contributed by atoms with Gasteiger partial charge >= 0.3 is 0 Å².